The normalized spacial score (nSPS) is 35.4. The number of azide groups is 1. The van der Waals surface area contributed by atoms with Crippen molar-refractivity contribution in [1.82, 2.24) is 0 Å². The van der Waals surface area contributed by atoms with Crippen LogP contribution in [0.4, 0.5) is 0 Å². The minimum atomic E-state index is -1.18. The predicted octanol–water partition coefficient (Wildman–Crippen LogP) is -0.833. The predicted molar refractivity (Wildman–Crippen MR) is 46.4 cm³/mol. The minimum absolute atomic E-state index is 0. The Hall–Kier alpha value is 3.47. The summed E-state index contributed by atoms with van der Waals surface area (Å²) in [5.74, 6) is 0. The molecule has 0 aromatic heterocycles. The van der Waals surface area contributed by atoms with E-state index in [0.717, 1.165) is 0 Å². The van der Waals surface area contributed by atoms with Gasteiger partial charge in [-0.15, -0.1) is 0 Å². The van der Waals surface area contributed by atoms with Gasteiger partial charge < -0.3 is 20.1 Å². The molecule has 5 atom stereocenters. The first-order valence-corrected chi connectivity index (χ1v) is 4.28. The fourth-order valence-electron chi connectivity index (χ4n) is 1.48. The van der Waals surface area contributed by atoms with Crippen LogP contribution in [-0.2, 0) is 4.74 Å². The van der Waals surface area contributed by atoms with Crippen molar-refractivity contribution in [3.8, 4) is 0 Å². The molecule has 1 aliphatic rings. The van der Waals surface area contributed by atoms with E-state index in [1.807, 2.05) is 0 Å². The smallest absolute Gasteiger partial charge is 0.107 e. The molecule has 10 heteroatoms. The second kappa shape index (κ2) is 13.2. The Labute approximate surface area is 207 Å². The summed E-state index contributed by atoms with van der Waals surface area (Å²) in [5.41, 5.74) is 8.23. The number of nitrogens with zero attached hydrogens (tertiary/aromatic N) is 3. The van der Waals surface area contributed by atoms with E-state index >= 15 is 0 Å². The molecular weight excluding hydrogens is 871 g/mol. The topological polar surface area (TPSA) is 119 Å². The molecule has 17 heavy (non-hydrogen) atoms. The van der Waals surface area contributed by atoms with Gasteiger partial charge in [-0.2, -0.15) is 0 Å². The van der Waals surface area contributed by atoms with Gasteiger partial charge in [-0.05, 0) is 12.5 Å². The van der Waals surface area contributed by atoms with Gasteiger partial charge in [-0.1, -0.05) is 5.11 Å². The third-order valence-electron chi connectivity index (χ3n) is 2.32. The summed E-state index contributed by atoms with van der Waals surface area (Å²) in [6.45, 7) is 1.20. The van der Waals surface area contributed by atoms with Gasteiger partial charge in [0, 0.05) is 137 Å². The third kappa shape index (κ3) is 7.33. The van der Waals surface area contributed by atoms with Gasteiger partial charge in [0.05, 0.1) is 31.0 Å². The van der Waals surface area contributed by atoms with Crippen molar-refractivity contribution in [2.24, 2.45) is 5.11 Å². The first-order chi connectivity index (χ1) is 6.61. The SMILES string of the molecule is C[C@@H]1O[C@H](CO)C(O)C(N=[N+]=[N-])C1O.[Ac].[Ac].[Ac]. The maximum absolute atomic E-state index is 9.54. The van der Waals surface area contributed by atoms with Crippen LogP contribution in [0.5, 0.6) is 0 Å². The monoisotopic (exact) mass is 884 g/mol. The van der Waals surface area contributed by atoms with Gasteiger partial charge in [-0.25, -0.2) is 0 Å². The Balaban J connectivity index is -0.000000653. The summed E-state index contributed by atoms with van der Waals surface area (Å²) in [4.78, 5) is 2.53. The standard InChI is InChI=1S/C7H13N3O4.3Ac/c1-3-6(12)5(9-10-8)7(13)4(2-11)14-3;;;/h3-7,11-13H,2H2,1H3;;;/t3-,4+,5?,6?,7?;;;/m0.../s1. The second-order valence-corrected chi connectivity index (χ2v) is 3.24. The number of ether oxygens (including phenoxy) is 1. The van der Waals surface area contributed by atoms with E-state index in [9.17, 15) is 10.2 Å². The minimum Gasteiger partial charge on any atom is -0.394 e. The van der Waals surface area contributed by atoms with E-state index in [1.54, 1.807) is 6.92 Å². The van der Waals surface area contributed by atoms with E-state index in [2.05, 4.69) is 10.0 Å². The fraction of sp³-hybridized carbons (Fsp3) is 1.00. The van der Waals surface area contributed by atoms with E-state index in [4.69, 9.17) is 15.4 Å². The molecule has 0 spiro atoms. The van der Waals surface area contributed by atoms with Crippen LogP contribution in [0.2, 0.25) is 0 Å². The van der Waals surface area contributed by atoms with Crippen molar-refractivity contribution in [2.75, 3.05) is 6.61 Å². The summed E-state index contributed by atoms with van der Waals surface area (Å²) >= 11 is 0. The summed E-state index contributed by atoms with van der Waals surface area (Å²) in [5, 5.41) is 31.2. The van der Waals surface area contributed by atoms with E-state index in [0.29, 0.717) is 0 Å². The van der Waals surface area contributed by atoms with Gasteiger partial charge in [0.15, 0.2) is 0 Å². The first kappa shape index (κ1) is 25.4. The molecule has 0 amide bonds. The van der Waals surface area contributed by atoms with Gasteiger partial charge in [0.25, 0.3) is 0 Å². The molecule has 3 N–H and O–H groups in total. The van der Waals surface area contributed by atoms with Gasteiger partial charge in [0.1, 0.15) is 6.10 Å². The van der Waals surface area contributed by atoms with Gasteiger partial charge >= 0.3 is 0 Å². The Kier molecular flexibility index (Phi) is 19.7. The van der Waals surface area contributed by atoms with Gasteiger partial charge in [-0.3, -0.25) is 0 Å². The van der Waals surface area contributed by atoms with Crippen molar-refractivity contribution in [3.05, 3.63) is 10.4 Å². The average molecular weight is 884 g/mol. The summed E-state index contributed by atoms with van der Waals surface area (Å²) in [7, 11) is 0. The van der Waals surface area contributed by atoms with Crippen LogP contribution in [-0.4, -0.2) is 52.4 Å². The van der Waals surface area contributed by atoms with Crippen LogP contribution in [0.3, 0.4) is 0 Å². The summed E-state index contributed by atoms with van der Waals surface area (Å²) in [6.07, 6.45) is -3.62. The zero-order chi connectivity index (χ0) is 10.7. The maximum Gasteiger partial charge on any atom is 0.107 e. The summed E-state index contributed by atoms with van der Waals surface area (Å²) in [6, 6.07) is -0.971. The van der Waals surface area contributed by atoms with Crippen LogP contribution in [0.15, 0.2) is 5.11 Å². The molecule has 1 rings (SSSR count). The molecule has 1 saturated heterocycles. The molecule has 1 heterocycles. The van der Waals surface area contributed by atoms with E-state index < -0.39 is 30.5 Å². The largest absolute Gasteiger partial charge is 0.394 e. The molecule has 0 aliphatic carbocycles. The molecule has 0 aromatic rings. The third-order valence-corrected chi connectivity index (χ3v) is 2.32. The van der Waals surface area contributed by atoms with Crippen molar-refractivity contribution in [3.63, 3.8) is 0 Å². The number of aliphatic hydroxyl groups excluding tert-OH is 3. The number of hydrogen-bond donors (Lipinski definition) is 3. The summed E-state index contributed by atoms with van der Waals surface area (Å²) < 4.78 is 5.10. The maximum atomic E-state index is 9.54. The molecule has 0 bridgehead atoms. The van der Waals surface area contributed by atoms with E-state index in [1.165, 1.54) is 0 Å². The number of rotatable bonds is 2. The number of hydrogen-bond acceptors (Lipinski definition) is 5. The Morgan fingerprint density at radius 3 is 2.18 bits per heavy atom. The molecule has 3 unspecified atom stereocenters. The van der Waals surface area contributed by atoms with Crippen LogP contribution in [0.1, 0.15) is 6.92 Å². The van der Waals surface area contributed by atoms with Crippen LogP contribution in [0.25, 0.3) is 10.4 Å². The Morgan fingerprint density at radius 2 is 1.76 bits per heavy atom. The quantitative estimate of drug-likeness (QED) is 0.191. The average Bonchev–Trinajstić information content (AvgIpc) is 2.18. The zero-order valence-corrected chi connectivity index (χ0v) is 23.7. The number of aliphatic hydroxyl groups is 3. The van der Waals surface area contributed by atoms with Crippen molar-refractivity contribution >= 4 is 0 Å². The van der Waals surface area contributed by atoms with Crippen LogP contribution < -0.4 is 0 Å². The zero-order valence-electron chi connectivity index (χ0n) is 9.42. The molecule has 7 nitrogen and oxygen atoms in total. The second-order valence-electron chi connectivity index (χ2n) is 3.24. The molecule has 89 valence electrons. The Morgan fingerprint density at radius 1 is 1.24 bits per heavy atom. The van der Waals surface area contributed by atoms with Crippen LogP contribution >= 0.6 is 0 Å². The Bertz CT molecular complexity index is 255. The van der Waals surface area contributed by atoms with Crippen molar-refractivity contribution < 1.29 is 152 Å². The molecule has 1 fully saturated rings. The van der Waals surface area contributed by atoms with Crippen molar-refractivity contribution in [1.29, 1.82) is 0 Å². The first-order valence-electron chi connectivity index (χ1n) is 4.28. The van der Waals surface area contributed by atoms with Crippen LogP contribution in [0, 0.1) is 132 Å². The van der Waals surface area contributed by atoms with Crippen molar-refractivity contribution in [2.45, 2.75) is 37.4 Å². The van der Waals surface area contributed by atoms with E-state index in [-0.39, 0.29) is 139 Å². The molecular formula is C7H13Ac3N3O4. The molecule has 1 aliphatic heterocycles. The molecule has 3 radical (unpaired) electrons. The fourth-order valence-corrected chi connectivity index (χ4v) is 1.48. The molecule has 0 aromatic carbocycles. The van der Waals surface area contributed by atoms with Gasteiger partial charge in [0.2, 0.25) is 0 Å². The molecule has 0 saturated carbocycles.